The van der Waals surface area contributed by atoms with Gasteiger partial charge in [-0.3, -0.25) is 9.78 Å². The molecule has 1 N–H and O–H groups in total. The molecule has 0 radical (unpaired) electrons. The highest BCUT2D eigenvalue weighted by molar-refractivity contribution is 6.07. The molecular formula is C20H20N2O4. The summed E-state index contributed by atoms with van der Waals surface area (Å²) in [5.74, 6) is 1.62. The van der Waals surface area contributed by atoms with Crippen molar-refractivity contribution in [3.05, 3.63) is 53.7 Å². The van der Waals surface area contributed by atoms with Gasteiger partial charge < -0.3 is 19.5 Å². The minimum atomic E-state index is -0.261. The van der Waals surface area contributed by atoms with E-state index in [1.807, 2.05) is 31.2 Å². The fraction of sp³-hybridized carbons (Fsp3) is 0.200. The molecule has 0 aliphatic carbocycles. The van der Waals surface area contributed by atoms with Crippen LogP contribution in [0, 0.1) is 6.92 Å². The Labute approximate surface area is 151 Å². The molecular weight excluding hydrogens is 332 g/mol. The van der Waals surface area contributed by atoms with Gasteiger partial charge in [0, 0.05) is 11.5 Å². The molecule has 2 aromatic carbocycles. The van der Waals surface area contributed by atoms with Crippen LogP contribution in [0.1, 0.15) is 16.1 Å². The highest BCUT2D eigenvalue weighted by Gasteiger charge is 2.15. The minimum Gasteiger partial charge on any atom is -0.497 e. The lowest BCUT2D eigenvalue weighted by Gasteiger charge is -2.13. The third-order valence-corrected chi connectivity index (χ3v) is 4.11. The number of nitrogens with zero attached hydrogens (tertiary/aromatic N) is 1. The average Bonchev–Trinajstić information content (AvgIpc) is 2.67. The molecule has 1 amide bonds. The van der Waals surface area contributed by atoms with Crippen molar-refractivity contribution >= 4 is 22.5 Å². The van der Waals surface area contributed by atoms with E-state index in [0.29, 0.717) is 34.2 Å². The summed E-state index contributed by atoms with van der Waals surface area (Å²) in [5, 5.41) is 3.71. The Morgan fingerprint density at radius 1 is 0.923 bits per heavy atom. The second-order valence-electron chi connectivity index (χ2n) is 5.70. The van der Waals surface area contributed by atoms with Crippen LogP contribution in [0.4, 0.5) is 5.69 Å². The number of nitrogens with one attached hydrogen (secondary N) is 1. The fourth-order valence-electron chi connectivity index (χ4n) is 2.70. The molecule has 0 bridgehead atoms. The molecule has 1 heterocycles. The maximum Gasteiger partial charge on any atom is 0.257 e. The number of hydrogen-bond donors (Lipinski definition) is 1. The zero-order valence-corrected chi connectivity index (χ0v) is 15.1. The molecule has 0 spiro atoms. The maximum atomic E-state index is 12.8. The fourth-order valence-corrected chi connectivity index (χ4v) is 2.70. The number of amides is 1. The van der Waals surface area contributed by atoms with E-state index >= 15 is 0 Å². The lowest BCUT2D eigenvalue weighted by Crippen LogP contribution is -2.15. The average molecular weight is 352 g/mol. The lowest BCUT2D eigenvalue weighted by atomic mass is 10.1. The first kappa shape index (κ1) is 17.5. The van der Waals surface area contributed by atoms with Crippen molar-refractivity contribution in [2.45, 2.75) is 6.92 Å². The molecule has 0 unspecified atom stereocenters. The largest absolute Gasteiger partial charge is 0.497 e. The van der Waals surface area contributed by atoms with Crippen molar-refractivity contribution in [3.63, 3.8) is 0 Å². The van der Waals surface area contributed by atoms with Gasteiger partial charge in [-0.2, -0.15) is 0 Å². The Bertz CT molecular complexity index is 969. The lowest BCUT2D eigenvalue weighted by molar-refractivity contribution is 0.102. The van der Waals surface area contributed by atoms with Gasteiger partial charge in [-0.25, -0.2) is 0 Å². The summed E-state index contributed by atoms with van der Waals surface area (Å²) in [5.41, 5.74) is 2.50. The van der Waals surface area contributed by atoms with Gasteiger partial charge in [-0.1, -0.05) is 0 Å². The quantitative estimate of drug-likeness (QED) is 0.756. The molecule has 0 saturated carbocycles. The van der Waals surface area contributed by atoms with Crippen molar-refractivity contribution in [1.29, 1.82) is 0 Å². The predicted octanol–water partition coefficient (Wildman–Crippen LogP) is 3.82. The van der Waals surface area contributed by atoms with Crippen LogP contribution in [-0.2, 0) is 0 Å². The van der Waals surface area contributed by atoms with Gasteiger partial charge in [0.15, 0.2) is 0 Å². The first-order chi connectivity index (χ1) is 12.5. The van der Waals surface area contributed by atoms with Gasteiger partial charge in [0.25, 0.3) is 5.91 Å². The summed E-state index contributed by atoms with van der Waals surface area (Å²) in [6, 6.07) is 12.6. The van der Waals surface area contributed by atoms with Crippen LogP contribution >= 0.6 is 0 Å². The Morgan fingerprint density at radius 3 is 2.31 bits per heavy atom. The number of rotatable bonds is 5. The SMILES string of the molecule is COc1ccc(NC(=O)c2cc3cc(OC)ccc3nc2C)c(OC)c1. The van der Waals surface area contributed by atoms with Gasteiger partial charge in [-0.05, 0) is 43.3 Å². The maximum absolute atomic E-state index is 12.8. The Balaban J connectivity index is 1.96. The van der Waals surface area contributed by atoms with E-state index in [1.165, 1.54) is 0 Å². The number of benzene rings is 2. The first-order valence-corrected chi connectivity index (χ1v) is 8.04. The standard InChI is InChI=1S/C20H20N2O4/c1-12-16(10-13-9-14(24-2)5-7-17(13)21-12)20(23)22-18-8-6-15(25-3)11-19(18)26-4/h5-11H,1-4H3,(H,22,23). The highest BCUT2D eigenvalue weighted by Crippen LogP contribution is 2.30. The van der Waals surface area contributed by atoms with Crippen molar-refractivity contribution in [2.24, 2.45) is 0 Å². The molecule has 0 aliphatic heterocycles. The molecule has 3 rings (SSSR count). The van der Waals surface area contributed by atoms with E-state index in [-0.39, 0.29) is 5.91 Å². The summed E-state index contributed by atoms with van der Waals surface area (Å²) in [4.78, 5) is 17.3. The molecule has 0 atom stereocenters. The van der Waals surface area contributed by atoms with Crippen LogP contribution in [0.3, 0.4) is 0 Å². The number of aryl methyl sites for hydroxylation is 1. The van der Waals surface area contributed by atoms with Gasteiger partial charge in [0.05, 0.1) is 43.8 Å². The smallest absolute Gasteiger partial charge is 0.257 e. The number of aromatic nitrogens is 1. The summed E-state index contributed by atoms with van der Waals surface area (Å²) in [6.45, 7) is 1.81. The van der Waals surface area contributed by atoms with Crippen molar-refractivity contribution in [2.75, 3.05) is 26.6 Å². The third kappa shape index (κ3) is 3.39. The molecule has 1 aromatic heterocycles. The van der Waals surface area contributed by atoms with Crippen LogP contribution < -0.4 is 19.5 Å². The third-order valence-electron chi connectivity index (χ3n) is 4.11. The predicted molar refractivity (Wildman–Crippen MR) is 101 cm³/mol. The van der Waals surface area contributed by atoms with Crippen molar-refractivity contribution < 1.29 is 19.0 Å². The molecule has 6 heteroatoms. The zero-order valence-electron chi connectivity index (χ0n) is 15.1. The van der Waals surface area contributed by atoms with E-state index in [4.69, 9.17) is 14.2 Å². The molecule has 134 valence electrons. The summed E-state index contributed by atoms with van der Waals surface area (Å²) in [6.07, 6.45) is 0. The van der Waals surface area contributed by atoms with E-state index in [9.17, 15) is 4.79 Å². The number of ether oxygens (including phenoxy) is 3. The number of hydrogen-bond acceptors (Lipinski definition) is 5. The van der Waals surface area contributed by atoms with Crippen molar-refractivity contribution in [3.8, 4) is 17.2 Å². The molecule has 0 aliphatic rings. The van der Waals surface area contributed by atoms with Crippen LogP contribution in [0.15, 0.2) is 42.5 Å². The zero-order chi connectivity index (χ0) is 18.7. The summed E-state index contributed by atoms with van der Waals surface area (Å²) in [7, 11) is 4.72. The van der Waals surface area contributed by atoms with Gasteiger partial charge in [-0.15, -0.1) is 0 Å². The second kappa shape index (κ2) is 7.31. The van der Waals surface area contributed by atoms with E-state index in [0.717, 1.165) is 10.9 Å². The van der Waals surface area contributed by atoms with Crippen LogP contribution in [0.2, 0.25) is 0 Å². The number of anilines is 1. The Hall–Kier alpha value is -3.28. The second-order valence-corrected chi connectivity index (χ2v) is 5.70. The minimum absolute atomic E-state index is 0.261. The molecule has 6 nitrogen and oxygen atoms in total. The van der Waals surface area contributed by atoms with Crippen molar-refractivity contribution in [1.82, 2.24) is 4.98 Å². The topological polar surface area (TPSA) is 69.7 Å². The number of carbonyl (C=O) groups excluding carboxylic acids is 1. The highest BCUT2D eigenvalue weighted by atomic mass is 16.5. The first-order valence-electron chi connectivity index (χ1n) is 8.04. The van der Waals surface area contributed by atoms with Crippen LogP contribution in [0.5, 0.6) is 17.2 Å². The molecule has 3 aromatic rings. The number of pyridine rings is 1. The normalized spacial score (nSPS) is 10.5. The number of carbonyl (C=O) groups is 1. The Morgan fingerprint density at radius 2 is 1.62 bits per heavy atom. The number of fused-ring (bicyclic) bond motifs is 1. The molecule has 0 saturated heterocycles. The van der Waals surface area contributed by atoms with Gasteiger partial charge in [0.1, 0.15) is 17.2 Å². The van der Waals surface area contributed by atoms with E-state index < -0.39 is 0 Å². The summed E-state index contributed by atoms with van der Waals surface area (Å²) < 4.78 is 15.7. The molecule has 26 heavy (non-hydrogen) atoms. The van der Waals surface area contributed by atoms with E-state index in [1.54, 1.807) is 39.5 Å². The van der Waals surface area contributed by atoms with E-state index in [2.05, 4.69) is 10.3 Å². The summed E-state index contributed by atoms with van der Waals surface area (Å²) >= 11 is 0. The molecule has 0 fully saturated rings. The van der Waals surface area contributed by atoms with Gasteiger partial charge in [0.2, 0.25) is 0 Å². The van der Waals surface area contributed by atoms with Crippen LogP contribution in [0.25, 0.3) is 10.9 Å². The van der Waals surface area contributed by atoms with Crippen LogP contribution in [-0.4, -0.2) is 32.2 Å². The van der Waals surface area contributed by atoms with Gasteiger partial charge >= 0.3 is 0 Å². The Kier molecular flexibility index (Phi) is 4.93. The monoisotopic (exact) mass is 352 g/mol. The number of methoxy groups -OCH3 is 3.